The number of halogens is 1. The average Bonchev–Trinajstić information content (AvgIpc) is 3.30. The Morgan fingerprint density at radius 1 is 1.32 bits per heavy atom. The third kappa shape index (κ3) is 3.94. The first kappa shape index (κ1) is 18.3. The van der Waals surface area contributed by atoms with Crippen molar-refractivity contribution in [3.63, 3.8) is 0 Å². The van der Waals surface area contributed by atoms with E-state index in [1.165, 1.54) is 18.2 Å². The van der Waals surface area contributed by atoms with Crippen LogP contribution in [0.5, 0.6) is 0 Å². The van der Waals surface area contributed by atoms with Crippen LogP contribution < -0.4 is 5.32 Å². The number of carbonyl (C=O) groups is 1. The Morgan fingerprint density at radius 2 is 2.07 bits per heavy atom. The maximum atomic E-state index is 13.0. The van der Waals surface area contributed by atoms with Gasteiger partial charge in [-0.3, -0.25) is 4.79 Å². The van der Waals surface area contributed by atoms with Gasteiger partial charge >= 0.3 is 0 Å². The van der Waals surface area contributed by atoms with Crippen molar-refractivity contribution in [3.05, 3.63) is 53.7 Å². The van der Waals surface area contributed by atoms with Crippen molar-refractivity contribution in [1.29, 1.82) is 0 Å². The molecular weight excluding hydrogens is 367 g/mol. The molecule has 146 valence electrons. The molecular formula is C19H19FN4O4. The van der Waals surface area contributed by atoms with Crippen molar-refractivity contribution >= 4 is 5.91 Å². The first-order chi connectivity index (χ1) is 13.5. The summed E-state index contributed by atoms with van der Waals surface area (Å²) in [4.78, 5) is 12.3. The average molecular weight is 386 g/mol. The Kier molecular flexibility index (Phi) is 4.91. The summed E-state index contributed by atoms with van der Waals surface area (Å²) in [5.74, 6) is 0.468. The minimum absolute atomic E-state index is 0.0380. The van der Waals surface area contributed by atoms with Crippen LogP contribution in [0, 0.1) is 11.7 Å². The molecule has 0 spiro atoms. The van der Waals surface area contributed by atoms with Crippen LogP contribution in [-0.4, -0.2) is 32.4 Å². The van der Waals surface area contributed by atoms with Gasteiger partial charge in [-0.2, -0.15) is 0 Å². The number of nitrogens with zero attached hydrogens (tertiary/aromatic N) is 3. The number of aliphatic hydroxyl groups excluding tert-OH is 1. The molecule has 0 unspecified atom stereocenters. The van der Waals surface area contributed by atoms with E-state index in [1.807, 2.05) is 0 Å². The van der Waals surface area contributed by atoms with Gasteiger partial charge in [-0.25, -0.2) is 4.39 Å². The van der Waals surface area contributed by atoms with Crippen molar-refractivity contribution < 1.29 is 23.2 Å². The van der Waals surface area contributed by atoms with Crippen LogP contribution in [-0.2, 0) is 6.42 Å². The second-order valence-electron chi connectivity index (χ2n) is 7.01. The number of aromatic nitrogens is 3. The minimum Gasteiger partial charge on any atom is -0.422 e. The van der Waals surface area contributed by atoms with Gasteiger partial charge in [-0.05, 0) is 49.9 Å². The summed E-state index contributed by atoms with van der Waals surface area (Å²) in [5.41, 5.74) is 1.14. The maximum Gasteiger partial charge on any atom is 0.290 e. The summed E-state index contributed by atoms with van der Waals surface area (Å²) in [6.07, 6.45) is 1.41. The molecule has 8 nitrogen and oxygen atoms in total. The third-order valence-electron chi connectivity index (χ3n) is 4.75. The molecule has 2 N–H and O–H groups in total. The lowest BCUT2D eigenvalue weighted by Crippen LogP contribution is -2.44. The molecule has 0 radical (unpaired) electrons. The summed E-state index contributed by atoms with van der Waals surface area (Å²) in [5, 5.41) is 23.9. The predicted octanol–water partition coefficient (Wildman–Crippen LogP) is 2.67. The van der Waals surface area contributed by atoms with Gasteiger partial charge < -0.3 is 19.4 Å². The summed E-state index contributed by atoms with van der Waals surface area (Å²) in [6, 6.07) is 7.38. The zero-order chi connectivity index (χ0) is 19.7. The normalized spacial score (nSPS) is 19.8. The zero-order valence-corrected chi connectivity index (χ0v) is 15.1. The van der Waals surface area contributed by atoms with Gasteiger partial charge in [0, 0.05) is 24.1 Å². The molecule has 1 fully saturated rings. The number of rotatable bonds is 6. The molecule has 0 aliphatic heterocycles. The molecule has 0 bridgehead atoms. The number of amides is 1. The van der Waals surface area contributed by atoms with Gasteiger partial charge in [-0.15, -0.1) is 10.2 Å². The van der Waals surface area contributed by atoms with Crippen LogP contribution in [0.1, 0.15) is 48.2 Å². The SMILES string of the molecule is C[C@@H](O)c1nnc(CC2CC(NC(=O)c3cc(-c4ccc(F)cc4)no3)C2)o1. The zero-order valence-electron chi connectivity index (χ0n) is 15.1. The van der Waals surface area contributed by atoms with E-state index >= 15 is 0 Å². The van der Waals surface area contributed by atoms with Crippen molar-refractivity contribution in [2.75, 3.05) is 0 Å². The number of benzene rings is 1. The Morgan fingerprint density at radius 3 is 2.75 bits per heavy atom. The molecule has 1 atom stereocenters. The fourth-order valence-electron chi connectivity index (χ4n) is 3.18. The van der Waals surface area contributed by atoms with Crippen LogP contribution in [0.15, 0.2) is 39.3 Å². The van der Waals surface area contributed by atoms with Crippen LogP contribution in [0.3, 0.4) is 0 Å². The second kappa shape index (κ2) is 7.51. The standard InChI is InChI=1S/C19H19FN4O4/c1-10(25)19-23-22-17(27-19)8-11-6-14(7-11)21-18(26)16-9-15(24-28-16)12-2-4-13(20)5-3-12/h2-5,9-11,14,25H,6-8H2,1H3,(H,21,26)/t10-,11?,14?/m1/s1. The van der Waals surface area contributed by atoms with Crippen LogP contribution >= 0.6 is 0 Å². The highest BCUT2D eigenvalue weighted by Gasteiger charge is 2.32. The Balaban J connectivity index is 1.28. The van der Waals surface area contributed by atoms with E-state index in [0.29, 0.717) is 29.5 Å². The van der Waals surface area contributed by atoms with Crippen LogP contribution in [0.25, 0.3) is 11.3 Å². The highest BCUT2D eigenvalue weighted by Crippen LogP contribution is 2.31. The van der Waals surface area contributed by atoms with Gasteiger partial charge in [0.1, 0.15) is 17.6 Å². The lowest BCUT2D eigenvalue weighted by Gasteiger charge is -2.34. The predicted molar refractivity (Wildman–Crippen MR) is 94.5 cm³/mol. The Bertz CT molecular complexity index is 960. The topological polar surface area (TPSA) is 114 Å². The van der Waals surface area contributed by atoms with E-state index in [9.17, 15) is 14.3 Å². The first-order valence-corrected chi connectivity index (χ1v) is 9.02. The van der Waals surface area contributed by atoms with Crippen LogP contribution in [0.2, 0.25) is 0 Å². The van der Waals surface area contributed by atoms with Gasteiger partial charge in [-0.1, -0.05) is 5.16 Å². The quantitative estimate of drug-likeness (QED) is 0.669. The molecule has 2 aromatic heterocycles. The number of nitrogens with one attached hydrogen (secondary N) is 1. The molecule has 1 saturated carbocycles. The Labute approximate surface area is 159 Å². The van der Waals surface area contributed by atoms with Gasteiger partial charge in [0.15, 0.2) is 0 Å². The molecule has 2 heterocycles. The Hall–Kier alpha value is -3.07. The summed E-state index contributed by atoms with van der Waals surface area (Å²) in [6.45, 7) is 1.57. The third-order valence-corrected chi connectivity index (χ3v) is 4.75. The number of carbonyl (C=O) groups excluding carboxylic acids is 1. The minimum atomic E-state index is -0.781. The van der Waals surface area contributed by atoms with Crippen molar-refractivity contribution in [2.24, 2.45) is 5.92 Å². The van der Waals surface area contributed by atoms with E-state index in [1.54, 1.807) is 19.1 Å². The summed E-state index contributed by atoms with van der Waals surface area (Å²) >= 11 is 0. The summed E-state index contributed by atoms with van der Waals surface area (Å²) in [7, 11) is 0. The maximum absolute atomic E-state index is 13.0. The van der Waals surface area contributed by atoms with E-state index < -0.39 is 6.10 Å². The second-order valence-corrected chi connectivity index (χ2v) is 7.01. The smallest absolute Gasteiger partial charge is 0.290 e. The molecule has 1 aliphatic rings. The van der Waals surface area contributed by atoms with Crippen LogP contribution in [0.4, 0.5) is 4.39 Å². The fraction of sp³-hybridized carbons (Fsp3) is 0.368. The summed E-state index contributed by atoms with van der Waals surface area (Å²) < 4.78 is 23.5. The lowest BCUT2D eigenvalue weighted by molar-refractivity contribution is 0.0848. The van der Waals surface area contributed by atoms with E-state index in [0.717, 1.165) is 12.8 Å². The van der Waals surface area contributed by atoms with Gasteiger partial charge in [0.05, 0.1) is 0 Å². The molecule has 9 heteroatoms. The number of hydrogen-bond acceptors (Lipinski definition) is 7. The molecule has 1 aliphatic carbocycles. The number of hydrogen-bond donors (Lipinski definition) is 2. The number of aliphatic hydroxyl groups is 1. The largest absolute Gasteiger partial charge is 0.422 e. The highest BCUT2D eigenvalue weighted by atomic mass is 19.1. The molecule has 1 aromatic carbocycles. The van der Waals surface area contributed by atoms with Crippen molar-refractivity contribution in [3.8, 4) is 11.3 Å². The molecule has 4 rings (SSSR count). The monoisotopic (exact) mass is 386 g/mol. The first-order valence-electron chi connectivity index (χ1n) is 9.02. The fourth-order valence-corrected chi connectivity index (χ4v) is 3.18. The van der Waals surface area contributed by atoms with E-state index in [-0.39, 0.29) is 29.4 Å². The molecule has 0 saturated heterocycles. The molecule has 3 aromatic rings. The molecule has 28 heavy (non-hydrogen) atoms. The van der Waals surface area contributed by atoms with E-state index in [2.05, 4.69) is 20.7 Å². The lowest BCUT2D eigenvalue weighted by atomic mass is 9.78. The molecule has 1 amide bonds. The van der Waals surface area contributed by atoms with Crippen molar-refractivity contribution in [2.45, 2.75) is 38.3 Å². The van der Waals surface area contributed by atoms with Crippen molar-refractivity contribution in [1.82, 2.24) is 20.7 Å². The van der Waals surface area contributed by atoms with Gasteiger partial charge in [0.25, 0.3) is 5.91 Å². The van der Waals surface area contributed by atoms with E-state index in [4.69, 9.17) is 8.94 Å². The van der Waals surface area contributed by atoms with Gasteiger partial charge in [0.2, 0.25) is 17.5 Å². The highest BCUT2D eigenvalue weighted by molar-refractivity contribution is 5.92.